The van der Waals surface area contributed by atoms with Crippen molar-refractivity contribution in [3.63, 3.8) is 0 Å². The number of fused-ring (bicyclic) bond motifs is 1. The number of aromatic amines is 1. The number of hydrogen-bond donors (Lipinski definition) is 2. The minimum Gasteiger partial charge on any atom is -0.496 e. The summed E-state index contributed by atoms with van der Waals surface area (Å²) in [5.74, 6) is -0.736. The highest BCUT2D eigenvalue weighted by atomic mass is 16.5. The second-order valence-corrected chi connectivity index (χ2v) is 6.39. The van der Waals surface area contributed by atoms with Crippen LogP contribution in [0.4, 0.5) is 0 Å². The van der Waals surface area contributed by atoms with Crippen LogP contribution in [0.15, 0.2) is 24.4 Å². The predicted molar refractivity (Wildman–Crippen MR) is 90.1 cm³/mol. The van der Waals surface area contributed by atoms with E-state index in [2.05, 4.69) is 4.98 Å². The number of hydrogen-bond acceptors (Lipinski definition) is 3. The van der Waals surface area contributed by atoms with Crippen LogP contribution >= 0.6 is 0 Å². The molecule has 3 rings (SSSR count). The Morgan fingerprint density at radius 1 is 1.42 bits per heavy atom. The van der Waals surface area contributed by atoms with E-state index in [4.69, 9.17) is 9.84 Å². The van der Waals surface area contributed by atoms with Crippen LogP contribution in [-0.2, 0) is 16.0 Å². The molecule has 0 spiro atoms. The van der Waals surface area contributed by atoms with Crippen LogP contribution in [0.2, 0.25) is 0 Å². The second-order valence-electron chi connectivity index (χ2n) is 6.39. The number of ether oxygens (including phenoxy) is 1. The fourth-order valence-electron chi connectivity index (χ4n) is 3.01. The van der Waals surface area contributed by atoms with E-state index in [-0.39, 0.29) is 24.9 Å². The Bertz CT molecular complexity index is 763. The van der Waals surface area contributed by atoms with Gasteiger partial charge in [-0.2, -0.15) is 0 Å². The van der Waals surface area contributed by atoms with Gasteiger partial charge < -0.3 is 19.7 Å². The molecule has 1 aliphatic rings. The Hall–Kier alpha value is -2.50. The van der Waals surface area contributed by atoms with Crippen molar-refractivity contribution in [1.82, 2.24) is 9.88 Å². The molecule has 2 aromatic rings. The third-order valence-electron chi connectivity index (χ3n) is 4.51. The molecule has 24 heavy (non-hydrogen) atoms. The van der Waals surface area contributed by atoms with E-state index in [0.717, 1.165) is 35.1 Å². The summed E-state index contributed by atoms with van der Waals surface area (Å²) in [4.78, 5) is 28.8. The van der Waals surface area contributed by atoms with Crippen LogP contribution in [0.25, 0.3) is 10.9 Å². The molecular weight excluding hydrogens is 308 g/mol. The average Bonchev–Trinajstić information content (AvgIpc) is 3.33. The minimum absolute atomic E-state index is 0.0302. The van der Waals surface area contributed by atoms with Gasteiger partial charge >= 0.3 is 5.97 Å². The van der Waals surface area contributed by atoms with Crippen LogP contribution in [0.1, 0.15) is 25.3 Å². The van der Waals surface area contributed by atoms with Crippen LogP contribution in [0, 0.1) is 5.92 Å². The van der Waals surface area contributed by atoms with Gasteiger partial charge in [-0.15, -0.1) is 0 Å². The zero-order valence-electron chi connectivity index (χ0n) is 13.9. The molecule has 1 amide bonds. The van der Waals surface area contributed by atoms with Gasteiger partial charge in [-0.1, -0.05) is 13.0 Å². The highest BCUT2D eigenvalue weighted by Crippen LogP contribution is 2.31. The first kappa shape index (κ1) is 16.4. The zero-order valence-corrected chi connectivity index (χ0v) is 13.9. The summed E-state index contributed by atoms with van der Waals surface area (Å²) in [6.07, 6.45) is 3.98. The minimum atomic E-state index is -0.873. The molecule has 1 unspecified atom stereocenters. The topological polar surface area (TPSA) is 82.6 Å². The first-order valence-corrected chi connectivity index (χ1v) is 8.16. The van der Waals surface area contributed by atoms with Gasteiger partial charge in [0.1, 0.15) is 5.75 Å². The molecule has 0 radical (unpaired) electrons. The van der Waals surface area contributed by atoms with E-state index in [9.17, 15) is 9.59 Å². The number of carboxylic acid groups (broad SMARTS) is 1. The smallest absolute Gasteiger partial charge is 0.308 e. The fourth-order valence-corrected chi connectivity index (χ4v) is 3.01. The van der Waals surface area contributed by atoms with Crippen LogP contribution in [-0.4, -0.2) is 46.6 Å². The first-order chi connectivity index (χ1) is 11.5. The van der Waals surface area contributed by atoms with Crippen molar-refractivity contribution in [3.8, 4) is 5.75 Å². The quantitative estimate of drug-likeness (QED) is 0.817. The lowest BCUT2D eigenvalue weighted by Gasteiger charge is -2.24. The number of methoxy groups -OCH3 is 1. The number of carbonyl (C=O) groups excluding carboxylic acids is 1. The summed E-state index contributed by atoms with van der Waals surface area (Å²) >= 11 is 0. The molecule has 6 nitrogen and oxygen atoms in total. The number of amides is 1. The molecule has 1 saturated carbocycles. The molecule has 1 atom stereocenters. The van der Waals surface area contributed by atoms with E-state index in [1.54, 1.807) is 18.9 Å². The number of nitrogens with zero attached hydrogens (tertiary/aromatic N) is 1. The standard InChI is InChI=1S/C18H22N2O4/c1-11(18(22)23)10-20(13-6-7-13)16(21)8-12-9-19-14-4-3-5-15(24-2)17(12)14/h3-5,9,11,13,19H,6-8,10H2,1-2H3,(H,22,23). The Morgan fingerprint density at radius 3 is 2.79 bits per heavy atom. The third-order valence-corrected chi connectivity index (χ3v) is 4.51. The lowest BCUT2D eigenvalue weighted by atomic mass is 10.1. The second kappa shape index (κ2) is 6.55. The summed E-state index contributed by atoms with van der Waals surface area (Å²) in [6.45, 7) is 1.90. The summed E-state index contributed by atoms with van der Waals surface area (Å²) in [5.41, 5.74) is 1.80. The maximum atomic E-state index is 12.8. The number of carbonyl (C=O) groups is 2. The maximum absolute atomic E-state index is 12.8. The Kier molecular flexibility index (Phi) is 4.46. The molecule has 0 aliphatic heterocycles. The molecular formula is C18H22N2O4. The van der Waals surface area contributed by atoms with Crippen molar-refractivity contribution in [2.24, 2.45) is 5.92 Å². The molecule has 1 fully saturated rings. The molecule has 0 saturated heterocycles. The molecule has 1 aromatic carbocycles. The van der Waals surface area contributed by atoms with Gasteiger partial charge in [0.25, 0.3) is 0 Å². The van der Waals surface area contributed by atoms with E-state index >= 15 is 0 Å². The fraction of sp³-hybridized carbons (Fsp3) is 0.444. The SMILES string of the molecule is COc1cccc2[nH]cc(CC(=O)N(CC(C)C(=O)O)C3CC3)c12. The Labute approximate surface area is 140 Å². The number of benzene rings is 1. The first-order valence-electron chi connectivity index (χ1n) is 8.16. The number of nitrogens with one attached hydrogen (secondary N) is 1. The number of rotatable bonds is 7. The monoisotopic (exact) mass is 330 g/mol. The van der Waals surface area contributed by atoms with E-state index in [1.807, 2.05) is 24.4 Å². The van der Waals surface area contributed by atoms with Crippen molar-refractivity contribution >= 4 is 22.8 Å². The van der Waals surface area contributed by atoms with E-state index in [1.165, 1.54) is 0 Å². The Balaban J connectivity index is 1.81. The summed E-state index contributed by atoms with van der Waals surface area (Å²) in [7, 11) is 1.61. The largest absolute Gasteiger partial charge is 0.496 e. The highest BCUT2D eigenvalue weighted by molar-refractivity contribution is 5.93. The molecule has 128 valence electrons. The van der Waals surface area contributed by atoms with Gasteiger partial charge in [-0.3, -0.25) is 9.59 Å². The molecule has 6 heteroatoms. The highest BCUT2D eigenvalue weighted by Gasteiger charge is 2.34. The number of H-pyrrole nitrogens is 1. The summed E-state index contributed by atoms with van der Waals surface area (Å²) < 4.78 is 5.40. The lowest BCUT2D eigenvalue weighted by molar-refractivity contribution is -0.143. The molecule has 1 aliphatic carbocycles. The van der Waals surface area contributed by atoms with Gasteiger partial charge in [0.15, 0.2) is 0 Å². The van der Waals surface area contributed by atoms with Crippen molar-refractivity contribution in [1.29, 1.82) is 0 Å². The third kappa shape index (κ3) is 3.22. The van der Waals surface area contributed by atoms with Gasteiger partial charge in [0.2, 0.25) is 5.91 Å². The zero-order chi connectivity index (χ0) is 17.3. The van der Waals surface area contributed by atoms with E-state index < -0.39 is 11.9 Å². The van der Waals surface area contributed by atoms with Crippen molar-refractivity contribution in [3.05, 3.63) is 30.0 Å². The Morgan fingerprint density at radius 2 is 2.17 bits per heavy atom. The van der Waals surface area contributed by atoms with Gasteiger partial charge in [0, 0.05) is 29.7 Å². The summed E-state index contributed by atoms with van der Waals surface area (Å²) in [5, 5.41) is 10.0. The lowest BCUT2D eigenvalue weighted by Crippen LogP contribution is -2.39. The number of aromatic nitrogens is 1. The van der Waals surface area contributed by atoms with Crippen LogP contribution < -0.4 is 4.74 Å². The normalized spacial score (nSPS) is 15.2. The molecule has 1 heterocycles. The van der Waals surface area contributed by atoms with Crippen molar-refractivity contribution < 1.29 is 19.4 Å². The van der Waals surface area contributed by atoms with Crippen molar-refractivity contribution in [2.75, 3.05) is 13.7 Å². The molecule has 0 bridgehead atoms. The average molecular weight is 330 g/mol. The van der Waals surface area contributed by atoms with Gasteiger partial charge in [-0.25, -0.2) is 0 Å². The van der Waals surface area contributed by atoms with Gasteiger partial charge in [-0.05, 0) is 30.5 Å². The molecule has 2 N–H and O–H groups in total. The maximum Gasteiger partial charge on any atom is 0.308 e. The van der Waals surface area contributed by atoms with Gasteiger partial charge in [0.05, 0.1) is 19.4 Å². The van der Waals surface area contributed by atoms with Crippen molar-refractivity contribution in [2.45, 2.75) is 32.2 Å². The van der Waals surface area contributed by atoms with E-state index in [0.29, 0.717) is 0 Å². The van der Waals surface area contributed by atoms with Crippen LogP contribution in [0.3, 0.4) is 0 Å². The number of aliphatic carboxylic acids is 1. The predicted octanol–water partition coefficient (Wildman–Crippen LogP) is 2.43. The summed E-state index contributed by atoms with van der Waals surface area (Å²) in [6, 6.07) is 5.90. The number of carboxylic acids is 1. The molecule has 1 aromatic heterocycles. The van der Waals surface area contributed by atoms with Crippen LogP contribution in [0.5, 0.6) is 5.75 Å².